The molecule has 0 atom stereocenters. The molecule has 2 aliphatic heterocycles. The second kappa shape index (κ2) is 36.4. The molecule has 0 aliphatic carbocycles. The third kappa shape index (κ3) is 23.5. The number of aromatic nitrogens is 8. The topological polar surface area (TPSA) is 188 Å². The fraction of sp³-hybridized carbons (Fsp3) is 0.420. The molecule has 2 N–H and O–H groups in total. The van der Waals surface area contributed by atoms with Crippen LogP contribution in [0, 0.1) is 43.8 Å². The lowest BCUT2D eigenvalue weighted by molar-refractivity contribution is 0.283. The van der Waals surface area contributed by atoms with Gasteiger partial charge in [0.2, 0.25) is 0 Å². The molecule has 10 aromatic carbocycles. The third-order valence-corrected chi connectivity index (χ3v) is 26.5. The maximum atomic E-state index is 9.87. The van der Waals surface area contributed by atoms with Crippen molar-refractivity contribution in [2.45, 2.75) is 290 Å². The molecule has 0 saturated heterocycles. The van der Waals surface area contributed by atoms with E-state index in [1.807, 2.05) is 115 Å². The number of thioether (sulfide) groups is 1. The molecule has 8 bridgehead atoms. The fourth-order valence-corrected chi connectivity index (χ4v) is 22.5. The highest BCUT2D eigenvalue weighted by atomic mass is 32.2. The molecule has 3 aromatic heterocycles. The second-order valence-electron chi connectivity index (χ2n) is 49.1. The minimum atomic E-state index is -0.137. The van der Waals surface area contributed by atoms with Gasteiger partial charge in [-0.25, -0.2) is 29.9 Å². The Balaban J connectivity index is 1.02. The first kappa shape index (κ1) is 97.7. The Morgan fingerprint density at radius 1 is 0.244 bits per heavy atom. The van der Waals surface area contributed by atoms with E-state index in [1.165, 1.54) is 33.4 Å². The molecule has 0 amide bonds. The van der Waals surface area contributed by atoms with Crippen molar-refractivity contribution in [3.63, 3.8) is 0 Å². The summed E-state index contributed by atoms with van der Waals surface area (Å²) in [5, 5.41) is 12.4. The van der Waals surface area contributed by atoms with Crippen LogP contribution in [0.1, 0.15) is 286 Å². The van der Waals surface area contributed by atoms with Crippen molar-refractivity contribution in [3.8, 4) is 121 Å². The van der Waals surface area contributed by atoms with E-state index in [9.17, 15) is 5.26 Å². The molecular weight excluding hydrogens is 1680 g/mol. The van der Waals surface area contributed by atoms with Gasteiger partial charge in [0, 0.05) is 60.9 Å². The number of rotatable bonds is 27. The van der Waals surface area contributed by atoms with Gasteiger partial charge in [-0.15, -0.1) is 11.8 Å². The Morgan fingerprint density at radius 2 is 0.444 bits per heavy atom. The van der Waals surface area contributed by atoms with E-state index in [1.54, 1.807) is 11.8 Å². The van der Waals surface area contributed by atoms with Crippen LogP contribution < -0.4 is 28.4 Å². The predicted molar refractivity (Wildman–Crippen MR) is 559 cm³/mol. The third-order valence-electron chi connectivity index (χ3n) is 25.5. The zero-order chi connectivity index (χ0) is 97.5. The SMILES string of the molecule is CC(C)(C)CC(C)(C)c1ccc(Oc2cc3c(cc2Oc2ccc(C(C)(C)CC(C)(C)C)cc2)-c2nc-3nc3[nH]c(nc4nc(nc5[nH]c(n2)c2cc(Oc6ccc(C(C)(C)CC(C)(C)C)cc6)c(Oc6ccc(C(C)(C)CC(C)(C)C)cc6)cc52)-c2cc(SCCC#N)ccc2-4)c2cc(Oc4ccc(C(C)(C)CC(C)(C)C)cc4)c(Oc4ccc(C(C)(C)CC(C)(C)C)cc4)cc32)cc1. The van der Waals surface area contributed by atoms with Gasteiger partial charge < -0.3 is 38.4 Å². The van der Waals surface area contributed by atoms with Gasteiger partial charge in [-0.05, 0) is 264 Å². The van der Waals surface area contributed by atoms with Crippen molar-refractivity contribution in [2.75, 3.05) is 5.75 Å². The lowest BCUT2D eigenvalue weighted by Crippen LogP contribution is -2.24. The Hall–Kier alpha value is -11.8. The zero-order valence-corrected chi connectivity index (χ0v) is 86.5. The number of nitrogens with zero attached hydrogens (tertiary/aromatic N) is 7. The largest absolute Gasteiger partial charge is 0.453 e. The smallest absolute Gasteiger partial charge is 0.170 e. The normalized spacial score (nSPS) is 13.2. The summed E-state index contributed by atoms with van der Waals surface area (Å²) in [6, 6.07) is 71.1. The molecule has 0 saturated carbocycles. The second-order valence-corrected chi connectivity index (χ2v) is 50.3. The summed E-state index contributed by atoms with van der Waals surface area (Å²) in [6.45, 7) is 68.9. The quantitative estimate of drug-likeness (QED) is 0.0365. The standard InChI is InChI=1S/C119H141N9O6S/c1-108(2,3)67-114(19,20)73-32-44-79(45-33-73)129-94-61-88-89(62-95(94)130-80-46-34-74(35-47-80)115(21,22)68-109(4,5)6)104-124-102(88)122-100-86-57-56-85(135-59-31-58-120)60-87(86)101(121-100)123-103-90-63-96(131-81-48-36-75(37-49-81)116(23,24)69-110(7,8)9)97(132-82-50-38-76(39-51-82)117(25,26)70-111(10,11)12)64-91(90)105(125-103)127-107-93-66-99(134-84-54-42-78(43-55-84)119(29,30)72-113(16,17)18)98(65-92(93)106(126-104)128-107)133-83-52-40-77(41-53-83)118(27,28)71-112(13,14)15/h32-57,60-66H,31,59,67-72H2,1-30H3,(H2,121,122,123,124,125,126,127,128). The number of fused-ring (bicyclic) bond motifs is 20. The summed E-state index contributed by atoms with van der Waals surface area (Å²) < 4.78 is 43.4. The van der Waals surface area contributed by atoms with Gasteiger partial charge in [0.1, 0.15) is 57.1 Å². The predicted octanol–water partition coefficient (Wildman–Crippen LogP) is 34.9. The minimum Gasteiger partial charge on any atom is -0.453 e. The summed E-state index contributed by atoms with van der Waals surface area (Å²) in [5.41, 5.74) is 11.3. The maximum absolute atomic E-state index is 9.87. The first-order chi connectivity index (χ1) is 62.9. The highest BCUT2D eigenvalue weighted by molar-refractivity contribution is 7.99. The monoisotopic (exact) mass is 1820 g/mol. The van der Waals surface area contributed by atoms with E-state index < -0.39 is 0 Å². The van der Waals surface area contributed by atoms with Gasteiger partial charge in [0.15, 0.2) is 57.8 Å². The van der Waals surface area contributed by atoms with Crippen LogP contribution in [0.4, 0.5) is 0 Å². The Kier molecular flexibility index (Phi) is 26.3. The number of hydrogen-bond donors (Lipinski definition) is 2. The highest BCUT2D eigenvalue weighted by Crippen LogP contribution is 2.52. The lowest BCUT2D eigenvalue weighted by atomic mass is 9.72. The number of H-pyrrole nitrogens is 2. The van der Waals surface area contributed by atoms with Crippen molar-refractivity contribution < 1.29 is 28.4 Å². The molecule has 704 valence electrons. The fourth-order valence-electron chi connectivity index (χ4n) is 21.7. The van der Waals surface area contributed by atoms with Crippen LogP contribution in [0.15, 0.2) is 205 Å². The van der Waals surface area contributed by atoms with Crippen molar-refractivity contribution in [1.82, 2.24) is 39.9 Å². The van der Waals surface area contributed by atoms with Crippen LogP contribution in [-0.4, -0.2) is 45.6 Å². The molecule has 0 spiro atoms. The minimum absolute atomic E-state index is 0.0835. The number of nitrogens with one attached hydrogen (secondary N) is 2. The van der Waals surface area contributed by atoms with Crippen molar-refractivity contribution in [2.24, 2.45) is 32.5 Å². The molecule has 16 heteroatoms. The molecule has 135 heavy (non-hydrogen) atoms. The number of benzene rings is 10. The maximum Gasteiger partial charge on any atom is 0.170 e. The zero-order valence-electron chi connectivity index (χ0n) is 85.7. The van der Waals surface area contributed by atoms with E-state index in [0.29, 0.717) is 160 Å². The van der Waals surface area contributed by atoms with Gasteiger partial charge in [-0.3, -0.25) is 0 Å². The Labute approximate surface area is 806 Å². The van der Waals surface area contributed by atoms with Crippen LogP contribution in [0.5, 0.6) is 69.0 Å². The van der Waals surface area contributed by atoms with Crippen LogP contribution in [0.2, 0.25) is 0 Å². The van der Waals surface area contributed by atoms with Gasteiger partial charge in [0.25, 0.3) is 0 Å². The lowest BCUT2D eigenvalue weighted by Gasteiger charge is -2.33. The first-order valence-electron chi connectivity index (χ1n) is 48.1. The van der Waals surface area contributed by atoms with Gasteiger partial charge >= 0.3 is 0 Å². The molecule has 5 heterocycles. The molecule has 13 aromatic rings. The Bertz CT molecular complexity index is 6790. The van der Waals surface area contributed by atoms with Crippen LogP contribution in [-0.2, 0) is 32.5 Å². The number of ether oxygens (including phenoxy) is 6. The average Bonchev–Trinajstić information content (AvgIpc) is 1.59. The van der Waals surface area contributed by atoms with E-state index in [4.69, 9.17) is 58.3 Å². The highest BCUT2D eigenvalue weighted by Gasteiger charge is 2.36. The summed E-state index contributed by atoms with van der Waals surface area (Å²) in [6.07, 6.45) is 6.21. The summed E-state index contributed by atoms with van der Waals surface area (Å²) in [4.78, 5) is 42.5. The molecule has 0 fully saturated rings. The van der Waals surface area contributed by atoms with Gasteiger partial charge in [0.05, 0.1) is 6.07 Å². The van der Waals surface area contributed by atoms with E-state index in [-0.39, 0.29) is 65.0 Å². The van der Waals surface area contributed by atoms with Crippen LogP contribution >= 0.6 is 11.8 Å². The molecule has 0 radical (unpaired) electrons. The van der Waals surface area contributed by atoms with Crippen LogP contribution in [0.3, 0.4) is 0 Å². The van der Waals surface area contributed by atoms with E-state index in [2.05, 4.69) is 309 Å². The van der Waals surface area contributed by atoms with Gasteiger partial charge in [-0.1, -0.05) is 281 Å². The molecule has 15 rings (SSSR count). The molecule has 0 unspecified atom stereocenters. The molecule has 2 aliphatic rings. The Morgan fingerprint density at radius 3 is 0.652 bits per heavy atom. The summed E-state index contributed by atoms with van der Waals surface area (Å²) >= 11 is 1.60. The number of aromatic amines is 2. The number of hydrogen-bond acceptors (Lipinski definition) is 14. The van der Waals surface area contributed by atoms with E-state index >= 15 is 0 Å². The van der Waals surface area contributed by atoms with E-state index in [0.717, 1.165) is 54.5 Å². The molecule has 15 nitrogen and oxygen atoms in total. The number of nitriles is 1. The average molecular weight is 1830 g/mol. The van der Waals surface area contributed by atoms with Crippen molar-refractivity contribution in [3.05, 3.63) is 234 Å². The molecular formula is C119H141N9O6S. The van der Waals surface area contributed by atoms with Gasteiger partial charge in [-0.2, -0.15) is 5.26 Å². The first-order valence-corrected chi connectivity index (χ1v) is 49.1. The van der Waals surface area contributed by atoms with Crippen molar-refractivity contribution >= 4 is 55.9 Å². The van der Waals surface area contributed by atoms with Crippen molar-refractivity contribution in [1.29, 1.82) is 5.26 Å². The summed E-state index contributed by atoms with van der Waals surface area (Å²) in [7, 11) is 0. The van der Waals surface area contributed by atoms with Crippen LogP contribution in [0.25, 0.3) is 89.7 Å². The summed E-state index contributed by atoms with van der Waals surface area (Å²) in [5.74, 6) is 8.17.